The molecule has 22 heavy (non-hydrogen) atoms. The number of aromatic amines is 1. The standard InChI is InChI=1S/C17H23N3O.ClH/c1-10-12(3)20-16-5-4-13(6-15(10)16)7-19-17(21)11(2)14-8-18-9-14;/h4-6,11,14,18,20H,7-9H2,1-3H3,(H,19,21);1H. The third-order valence-electron chi connectivity index (χ3n) is 4.77. The number of nitrogens with one attached hydrogen (secondary N) is 3. The summed E-state index contributed by atoms with van der Waals surface area (Å²) in [5.41, 5.74) is 4.80. The van der Waals surface area contributed by atoms with Gasteiger partial charge in [0.2, 0.25) is 5.91 Å². The van der Waals surface area contributed by atoms with Crippen LogP contribution in [0.25, 0.3) is 10.9 Å². The molecule has 1 unspecified atom stereocenters. The van der Waals surface area contributed by atoms with E-state index >= 15 is 0 Å². The topological polar surface area (TPSA) is 56.9 Å². The smallest absolute Gasteiger partial charge is 0.223 e. The number of halogens is 1. The number of aromatic nitrogens is 1. The van der Waals surface area contributed by atoms with Crippen molar-refractivity contribution in [2.24, 2.45) is 11.8 Å². The number of hydrogen-bond donors (Lipinski definition) is 3. The van der Waals surface area contributed by atoms with Gasteiger partial charge in [0.25, 0.3) is 0 Å². The molecule has 0 aliphatic carbocycles. The van der Waals surface area contributed by atoms with Crippen LogP contribution in [0.3, 0.4) is 0 Å². The number of hydrogen-bond acceptors (Lipinski definition) is 2. The van der Waals surface area contributed by atoms with Gasteiger partial charge in [-0.3, -0.25) is 4.79 Å². The van der Waals surface area contributed by atoms with Crippen molar-refractivity contribution < 1.29 is 4.79 Å². The van der Waals surface area contributed by atoms with E-state index in [1.54, 1.807) is 0 Å². The number of carbonyl (C=O) groups is 1. The van der Waals surface area contributed by atoms with Crippen molar-refractivity contribution in [3.63, 3.8) is 0 Å². The Balaban J connectivity index is 0.00000176. The third-order valence-corrected chi connectivity index (χ3v) is 4.77. The molecule has 0 saturated carbocycles. The molecule has 1 aliphatic heterocycles. The lowest BCUT2D eigenvalue weighted by atomic mass is 9.88. The van der Waals surface area contributed by atoms with E-state index in [4.69, 9.17) is 0 Å². The molecule has 4 nitrogen and oxygen atoms in total. The average molecular weight is 322 g/mol. The minimum atomic E-state index is 0. The minimum absolute atomic E-state index is 0. The van der Waals surface area contributed by atoms with Gasteiger partial charge in [-0.2, -0.15) is 0 Å². The van der Waals surface area contributed by atoms with Crippen molar-refractivity contribution in [1.29, 1.82) is 0 Å². The fraction of sp³-hybridized carbons (Fsp3) is 0.471. The van der Waals surface area contributed by atoms with Crippen LogP contribution in [0.4, 0.5) is 0 Å². The summed E-state index contributed by atoms with van der Waals surface area (Å²) in [7, 11) is 0. The highest BCUT2D eigenvalue weighted by Gasteiger charge is 2.28. The zero-order valence-corrected chi connectivity index (χ0v) is 14.1. The predicted octanol–water partition coefficient (Wildman–Crippen LogP) is 2.68. The Bertz CT molecular complexity index is 676. The molecular formula is C17H24ClN3O. The molecule has 1 atom stereocenters. The second-order valence-electron chi connectivity index (χ2n) is 6.18. The summed E-state index contributed by atoms with van der Waals surface area (Å²) in [4.78, 5) is 15.5. The maximum absolute atomic E-state index is 12.1. The average Bonchev–Trinajstić information content (AvgIpc) is 2.69. The van der Waals surface area contributed by atoms with Crippen molar-refractivity contribution in [2.45, 2.75) is 27.3 Å². The third kappa shape index (κ3) is 3.13. The zero-order chi connectivity index (χ0) is 15.0. The first kappa shape index (κ1) is 16.8. The maximum atomic E-state index is 12.1. The number of H-pyrrole nitrogens is 1. The molecular weight excluding hydrogens is 298 g/mol. The number of rotatable bonds is 4. The van der Waals surface area contributed by atoms with E-state index in [1.807, 2.05) is 6.92 Å². The van der Waals surface area contributed by atoms with Gasteiger partial charge in [0, 0.05) is 29.1 Å². The number of carbonyl (C=O) groups excluding carboxylic acids is 1. The molecule has 0 spiro atoms. The van der Waals surface area contributed by atoms with Crippen LogP contribution in [0, 0.1) is 25.7 Å². The highest BCUT2D eigenvalue weighted by molar-refractivity contribution is 5.85. The normalized spacial score (nSPS) is 16.0. The largest absolute Gasteiger partial charge is 0.358 e. The van der Waals surface area contributed by atoms with Crippen LogP contribution in [-0.2, 0) is 11.3 Å². The lowest BCUT2D eigenvalue weighted by Crippen LogP contribution is -2.49. The van der Waals surface area contributed by atoms with Crippen LogP contribution in [0.5, 0.6) is 0 Å². The molecule has 1 aliphatic rings. The first-order chi connectivity index (χ1) is 10.1. The Morgan fingerprint density at radius 2 is 2.09 bits per heavy atom. The molecule has 0 radical (unpaired) electrons. The first-order valence-corrected chi connectivity index (χ1v) is 7.62. The molecule has 1 fully saturated rings. The van der Waals surface area contributed by atoms with Crippen molar-refractivity contribution in [3.8, 4) is 0 Å². The van der Waals surface area contributed by atoms with Crippen LogP contribution in [-0.4, -0.2) is 24.0 Å². The Kier molecular flexibility index (Phi) is 5.14. The maximum Gasteiger partial charge on any atom is 0.223 e. The van der Waals surface area contributed by atoms with E-state index in [9.17, 15) is 4.79 Å². The monoisotopic (exact) mass is 321 g/mol. The quantitative estimate of drug-likeness (QED) is 0.811. The summed E-state index contributed by atoms with van der Waals surface area (Å²) in [5, 5.41) is 7.52. The van der Waals surface area contributed by atoms with Crippen molar-refractivity contribution in [2.75, 3.05) is 13.1 Å². The molecule has 1 aromatic heterocycles. The molecule has 3 rings (SSSR count). The number of benzene rings is 1. The van der Waals surface area contributed by atoms with Crippen molar-refractivity contribution >= 4 is 29.2 Å². The van der Waals surface area contributed by atoms with Gasteiger partial charge in [0.1, 0.15) is 0 Å². The second kappa shape index (κ2) is 6.71. The van der Waals surface area contributed by atoms with Crippen LogP contribution in [0.15, 0.2) is 18.2 Å². The van der Waals surface area contributed by atoms with Crippen LogP contribution >= 0.6 is 12.4 Å². The molecule has 1 amide bonds. The van der Waals surface area contributed by atoms with Gasteiger partial charge in [0.05, 0.1) is 0 Å². The van der Waals surface area contributed by atoms with E-state index in [-0.39, 0.29) is 24.2 Å². The van der Waals surface area contributed by atoms with Gasteiger partial charge in [0.15, 0.2) is 0 Å². The van der Waals surface area contributed by atoms with Gasteiger partial charge in [-0.15, -0.1) is 12.4 Å². The molecule has 3 N–H and O–H groups in total. The Morgan fingerprint density at radius 1 is 1.36 bits per heavy atom. The molecule has 1 aromatic carbocycles. The van der Waals surface area contributed by atoms with Gasteiger partial charge >= 0.3 is 0 Å². The molecule has 5 heteroatoms. The molecule has 1 saturated heterocycles. The lowest BCUT2D eigenvalue weighted by Gasteiger charge is -2.31. The SMILES string of the molecule is Cc1[nH]c2ccc(CNC(=O)C(C)C3CNC3)cc2c1C.Cl. The molecule has 2 heterocycles. The highest BCUT2D eigenvalue weighted by atomic mass is 35.5. The van der Waals surface area contributed by atoms with Gasteiger partial charge in [-0.05, 0) is 56.1 Å². The number of fused-ring (bicyclic) bond motifs is 1. The first-order valence-electron chi connectivity index (χ1n) is 7.62. The van der Waals surface area contributed by atoms with Gasteiger partial charge in [-0.25, -0.2) is 0 Å². The summed E-state index contributed by atoms with van der Waals surface area (Å²) in [5.74, 6) is 0.733. The lowest BCUT2D eigenvalue weighted by molar-refractivity contribution is -0.126. The fourth-order valence-corrected chi connectivity index (χ4v) is 2.85. The van der Waals surface area contributed by atoms with E-state index < -0.39 is 0 Å². The zero-order valence-electron chi connectivity index (χ0n) is 13.3. The Labute approximate surface area is 137 Å². The Morgan fingerprint density at radius 3 is 2.73 bits per heavy atom. The van der Waals surface area contributed by atoms with E-state index in [2.05, 4.69) is 47.7 Å². The summed E-state index contributed by atoms with van der Waals surface area (Å²) in [6.45, 7) is 8.75. The van der Waals surface area contributed by atoms with E-state index in [0.29, 0.717) is 12.5 Å². The molecule has 120 valence electrons. The van der Waals surface area contributed by atoms with Gasteiger partial charge < -0.3 is 15.6 Å². The predicted molar refractivity (Wildman–Crippen MR) is 92.4 cm³/mol. The fourth-order valence-electron chi connectivity index (χ4n) is 2.85. The Hall–Kier alpha value is -1.52. The number of amides is 1. The molecule has 2 aromatic rings. The van der Waals surface area contributed by atoms with E-state index in [0.717, 1.165) is 24.2 Å². The van der Waals surface area contributed by atoms with E-state index in [1.165, 1.54) is 16.6 Å². The molecule has 0 bridgehead atoms. The second-order valence-corrected chi connectivity index (χ2v) is 6.18. The van der Waals surface area contributed by atoms with Gasteiger partial charge in [-0.1, -0.05) is 13.0 Å². The van der Waals surface area contributed by atoms with Crippen LogP contribution < -0.4 is 10.6 Å². The van der Waals surface area contributed by atoms with Crippen molar-refractivity contribution in [1.82, 2.24) is 15.6 Å². The summed E-state index contributed by atoms with van der Waals surface area (Å²) >= 11 is 0. The summed E-state index contributed by atoms with van der Waals surface area (Å²) in [6, 6.07) is 6.34. The van der Waals surface area contributed by atoms with Crippen LogP contribution in [0.2, 0.25) is 0 Å². The summed E-state index contributed by atoms with van der Waals surface area (Å²) in [6.07, 6.45) is 0. The van der Waals surface area contributed by atoms with Crippen molar-refractivity contribution in [3.05, 3.63) is 35.0 Å². The minimum Gasteiger partial charge on any atom is -0.358 e. The number of aryl methyl sites for hydroxylation is 2. The summed E-state index contributed by atoms with van der Waals surface area (Å²) < 4.78 is 0. The highest BCUT2D eigenvalue weighted by Crippen LogP contribution is 2.22. The van der Waals surface area contributed by atoms with Crippen LogP contribution in [0.1, 0.15) is 23.7 Å².